The van der Waals surface area contributed by atoms with Crippen LogP contribution in [-0.2, 0) is 0 Å². The Morgan fingerprint density at radius 1 is 1.42 bits per heavy atom. The molecule has 0 saturated heterocycles. The maximum absolute atomic E-state index is 9.02. The van der Waals surface area contributed by atoms with Crippen LogP contribution >= 0.6 is 0 Å². The summed E-state index contributed by atoms with van der Waals surface area (Å²) in [5, 5.41) is 12.3. The maximum Gasteiger partial charge on any atom is 0.125 e. The first-order chi connectivity index (χ1) is 9.19. The lowest BCUT2D eigenvalue weighted by molar-refractivity contribution is 0.289. The van der Waals surface area contributed by atoms with Gasteiger partial charge in [-0.3, -0.25) is 0 Å². The molecule has 0 spiro atoms. The van der Waals surface area contributed by atoms with Crippen LogP contribution < -0.4 is 15.0 Å². The molecule has 0 aliphatic heterocycles. The summed E-state index contributed by atoms with van der Waals surface area (Å²) in [5.74, 6) is 0.904. The Kier molecular flexibility index (Phi) is 6.67. The number of methoxy groups -OCH3 is 1. The number of aliphatic hydroxyl groups excluding tert-OH is 1. The molecule has 0 aliphatic carbocycles. The topological polar surface area (TPSA) is 44.7 Å². The molecule has 1 atom stereocenters. The number of benzene rings is 1. The third-order valence-electron chi connectivity index (χ3n) is 3.44. The Morgan fingerprint density at radius 2 is 2.16 bits per heavy atom. The van der Waals surface area contributed by atoms with Crippen LogP contribution in [0.25, 0.3) is 0 Å². The third-order valence-corrected chi connectivity index (χ3v) is 3.44. The number of rotatable bonds is 8. The zero-order valence-corrected chi connectivity index (χ0v) is 12.4. The molecular weight excluding hydrogens is 240 g/mol. The molecule has 4 heteroatoms. The van der Waals surface area contributed by atoms with Gasteiger partial charge in [-0.25, -0.2) is 0 Å². The molecule has 0 amide bonds. The van der Waals surface area contributed by atoms with Gasteiger partial charge in [-0.15, -0.1) is 0 Å². The van der Waals surface area contributed by atoms with Crippen molar-refractivity contribution in [2.45, 2.75) is 26.3 Å². The van der Waals surface area contributed by atoms with Gasteiger partial charge in [-0.2, -0.15) is 0 Å². The number of nitrogens with zero attached hydrogens (tertiary/aromatic N) is 1. The molecule has 1 rings (SSSR count). The van der Waals surface area contributed by atoms with Crippen molar-refractivity contribution in [2.75, 3.05) is 38.8 Å². The van der Waals surface area contributed by atoms with E-state index in [4.69, 9.17) is 9.84 Å². The highest BCUT2D eigenvalue weighted by Crippen LogP contribution is 2.34. The molecule has 1 aromatic rings. The lowest BCUT2D eigenvalue weighted by Gasteiger charge is -2.28. The van der Waals surface area contributed by atoms with E-state index in [0.29, 0.717) is 0 Å². The van der Waals surface area contributed by atoms with Crippen molar-refractivity contribution in [3.05, 3.63) is 23.8 Å². The molecule has 2 N–H and O–H groups in total. The average Bonchev–Trinajstić information content (AvgIpc) is 2.46. The zero-order chi connectivity index (χ0) is 14.3. The standard InChI is InChI=1S/C15H26N2O2/c1-5-17(10-7-11-18)13-8-6-9-14(19-4)15(13)12(2)16-3/h6,8-9,12,16,18H,5,7,10-11H2,1-4H3. The fourth-order valence-electron chi connectivity index (χ4n) is 2.28. The molecule has 0 saturated carbocycles. The van der Waals surface area contributed by atoms with Gasteiger partial charge in [0.25, 0.3) is 0 Å². The summed E-state index contributed by atoms with van der Waals surface area (Å²) in [7, 11) is 3.65. The highest BCUT2D eigenvalue weighted by molar-refractivity contribution is 5.60. The summed E-state index contributed by atoms with van der Waals surface area (Å²) >= 11 is 0. The van der Waals surface area contributed by atoms with Crippen LogP contribution in [0.1, 0.15) is 31.9 Å². The Hall–Kier alpha value is -1.26. The van der Waals surface area contributed by atoms with Gasteiger partial charge in [0.05, 0.1) is 7.11 Å². The summed E-state index contributed by atoms with van der Waals surface area (Å²) < 4.78 is 5.49. The van der Waals surface area contributed by atoms with Gasteiger partial charge in [-0.05, 0) is 39.4 Å². The highest BCUT2D eigenvalue weighted by Gasteiger charge is 2.18. The molecule has 1 unspecified atom stereocenters. The van der Waals surface area contributed by atoms with E-state index in [9.17, 15) is 0 Å². The zero-order valence-electron chi connectivity index (χ0n) is 12.4. The molecule has 1 aromatic carbocycles. The van der Waals surface area contributed by atoms with Crippen molar-refractivity contribution >= 4 is 5.69 Å². The predicted octanol–water partition coefficient (Wildman–Crippen LogP) is 2.18. The van der Waals surface area contributed by atoms with Crippen molar-refractivity contribution in [3.8, 4) is 5.75 Å². The smallest absolute Gasteiger partial charge is 0.125 e. The van der Waals surface area contributed by atoms with Crippen molar-refractivity contribution < 1.29 is 9.84 Å². The first-order valence-electron chi connectivity index (χ1n) is 6.89. The minimum absolute atomic E-state index is 0.217. The van der Waals surface area contributed by atoms with Crippen molar-refractivity contribution in [2.24, 2.45) is 0 Å². The molecular formula is C15H26N2O2. The Bertz CT molecular complexity index is 382. The monoisotopic (exact) mass is 266 g/mol. The second-order valence-electron chi connectivity index (χ2n) is 4.56. The first kappa shape index (κ1) is 15.8. The Balaban J connectivity index is 3.16. The van der Waals surface area contributed by atoms with Crippen molar-refractivity contribution in [1.29, 1.82) is 0 Å². The van der Waals surface area contributed by atoms with Crippen molar-refractivity contribution in [1.82, 2.24) is 5.32 Å². The van der Waals surface area contributed by atoms with Crippen LogP contribution in [0, 0.1) is 0 Å². The number of ether oxygens (including phenoxy) is 1. The van der Waals surface area contributed by atoms with E-state index in [-0.39, 0.29) is 12.6 Å². The quantitative estimate of drug-likeness (QED) is 0.757. The van der Waals surface area contributed by atoms with Crippen LogP contribution in [0.4, 0.5) is 5.69 Å². The minimum Gasteiger partial charge on any atom is -0.496 e. The maximum atomic E-state index is 9.02. The van der Waals surface area contributed by atoms with Gasteiger partial charge < -0.3 is 20.1 Å². The second-order valence-corrected chi connectivity index (χ2v) is 4.56. The van der Waals surface area contributed by atoms with Gasteiger partial charge in [0, 0.05) is 37.0 Å². The SMILES string of the molecule is CCN(CCCO)c1cccc(OC)c1C(C)NC. The van der Waals surface area contributed by atoms with Crippen LogP contribution in [0.5, 0.6) is 5.75 Å². The molecule has 4 nitrogen and oxygen atoms in total. The Labute approximate surface area is 116 Å². The molecule has 0 heterocycles. The number of nitrogens with one attached hydrogen (secondary N) is 1. The molecule has 0 aliphatic rings. The van der Waals surface area contributed by atoms with Gasteiger partial charge in [0.2, 0.25) is 0 Å². The Morgan fingerprint density at radius 3 is 2.68 bits per heavy atom. The molecule has 108 valence electrons. The number of hydrogen-bond acceptors (Lipinski definition) is 4. The fraction of sp³-hybridized carbons (Fsp3) is 0.600. The number of anilines is 1. The summed E-state index contributed by atoms with van der Waals surface area (Å²) in [4.78, 5) is 2.28. The lowest BCUT2D eigenvalue weighted by atomic mass is 10.0. The van der Waals surface area contributed by atoms with Crippen LogP contribution in [0.2, 0.25) is 0 Å². The van der Waals surface area contributed by atoms with E-state index in [1.54, 1.807) is 7.11 Å². The van der Waals surface area contributed by atoms with Gasteiger partial charge in [-0.1, -0.05) is 6.07 Å². The predicted molar refractivity (Wildman–Crippen MR) is 80.1 cm³/mol. The van der Waals surface area contributed by atoms with Crippen LogP contribution in [0.3, 0.4) is 0 Å². The first-order valence-corrected chi connectivity index (χ1v) is 6.89. The fourth-order valence-corrected chi connectivity index (χ4v) is 2.28. The lowest BCUT2D eigenvalue weighted by Crippen LogP contribution is -2.27. The normalized spacial score (nSPS) is 12.3. The van der Waals surface area contributed by atoms with Crippen molar-refractivity contribution in [3.63, 3.8) is 0 Å². The number of hydrogen-bond donors (Lipinski definition) is 2. The third kappa shape index (κ3) is 3.85. The summed E-state index contributed by atoms with van der Waals surface area (Å²) in [6.07, 6.45) is 0.776. The molecule has 19 heavy (non-hydrogen) atoms. The molecule has 0 radical (unpaired) electrons. The van der Waals surface area contributed by atoms with Crippen LogP contribution in [0.15, 0.2) is 18.2 Å². The van der Waals surface area contributed by atoms with Gasteiger partial charge in [0.1, 0.15) is 5.75 Å². The van der Waals surface area contributed by atoms with E-state index >= 15 is 0 Å². The van der Waals surface area contributed by atoms with E-state index < -0.39 is 0 Å². The molecule has 0 fully saturated rings. The van der Waals surface area contributed by atoms with E-state index in [1.807, 2.05) is 19.2 Å². The number of aliphatic hydroxyl groups is 1. The summed E-state index contributed by atoms with van der Waals surface area (Å²) in [6.45, 7) is 6.24. The van der Waals surface area contributed by atoms with Gasteiger partial charge >= 0.3 is 0 Å². The highest BCUT2D eigenvalue weighted by atomic mass is 16.5. The van der Waals surface area contributed by atoms with Gasteiger partial charge in [0.15, 0.2) is 0 Å². The summed E-state index contributed by atoms with van der Waals surface area (Å²) in [6, 6.07) is 6.34. The largest absolute Gasteiger partial charge is 0.496 e. The molecule has 0 bridgehead atoms. The second kappa shape index (κ2) is 8.02. The minimum atomic E-state index is 0.217. The molecule has 0 aromatic heterocycles. The van der Waals surface area contributed by atoms with E-state index in [2.05, 4.69) is 30.1 Å². The average molecular weight is 266 g/mol. The van der Waals surface area contributed by atoms with Crippen LogP contribution in [-0.4, -0.2) is 39.0 Å². The summed E-state index contributed by atoms with van der Waals surface area (Å²) in [5.41, 5.74) is 2.35. The van der Waals surface area contributed by atoms with E-state index in [1.165, 1.54) is 11.3 Å². The van der Waals surface area contributed by atoms with E-state index in [0.717, 1.165) is 25.3 Å².